The van der Waals surface area contributed by atoms with Crippen LogP contribution in [-0.2, 0) is 4.74 Å². The Hall–Kier alpha value is -1.24. The molecule has 0 saturated carbocycles. The molecule has 2 N–H and O–H groups in total. The van der Waals surface area contributed by atoms with Gasteiger partial charge in [-0.05, 0) is 37.1 Å². The van der Waals surface area contributed by atoms with Gasteiger partial charge < -0.3 is 4.74 Å². The highest BCUT2D eigenvalue weighted by Crippen LogP contribution is 2.49. The van der Waals surface area contributed by atoms with Gasteiger partial charge in [-0.25, -0.2) is 4.79 Å². The Bertz CT molecular complexity index is 432. The number of methoxy groups -OCH3 is 1. The highest BCUT2D eigenvalue weighted by Gasteiger charge is 2.26. The molecule has 0 radical (unpaired) electrons. The molecule has 1 aliphatic rings. The van der Waals surface area contributed by atoms with Gasteiger partial charge in [-0.3, -0.25) is 13.4 Å². The summed E-state index contributed by atoms with van der Waals surface area (Å²) in [7, 11) is -1.37. The molecule has 6 heteroatoms. The van der Waals surface area contributed by atoms with Crippen molar-refractivity contribution in [2.24, 2.45) is 0 Å². The van der Waals surface area contributed by atoms with Crippen molar-refractivity contribution in [1.29, 1.82) is 0 Å². The number of benzene rings is 1. The molecule has 0 spiro atoms. The van der Waals surface area contributed by atoms with Gasteiger partial charge in [0.25, 0.3) is 0 Å². The van der Waals surface area contributed by atoms with Crippen LogP contribution in [0.2, 0.25) is 0 Å². The zero-order valence-electron chi connectivity index (χ0n) is 10.2. The first-order chi connectivity index (χ1) is 8.54. The lowest BCUT2D eigenvalue weighted by Crippen LogP contribution is -2.34. The molecule has 0 bridgehead atoms. The van der Waals surface area contributed by atoms with Gasteiger partial charge in [0, 0.05) is 6.54 Å². The highest BCUT2D eigenvalue weighted by molar-refractivity contribution is 8.25. The fourth-order valence-corrected chi connectivity index (χ4v) is 3.68. The number of hydrogen-bond donors (Lipinski definition) is 2. The molecule has 5 nitrogen and oxygen atoms in total. The van der Waals surface area contributed by atoms with Gasteiger partial charge in [-0.15, -0.1) is 10.8 Å². The van der Waals surface area contributed by atoms with Crippen molar-refractivity contribution in [2.75, 3.05) is 23.7 Å². The van der Waals surface area contributed by atoms with Crippen molar-refractivity contribution in [2.45, 2.75) is 12.8 Å². The summed E-state index contributed by atoms with van der Waals surface area (Å²) < 4.78 is 26.2. The average molecular weight is 271 g/mol. The second-order valence-corrected chi connectivity index (χ2v) is 6.30. The van der Waals surface area contributed by atoms with Crippen LogP contribution < -0.4 is 4.31 Å². The van der Waals surface area contributed by atoms with Gasteiger partial charge in [-0.1, -0.05) is 0 Å². The maximum Gasteiger partial charge on any atom is 0.337 e. The smallest absolute Gasteiger partial charge is 0.337 e. The minimum Gasteiger partial charge on any atom is -0.465 e. The van der Waals surface area contributed by atoms with Crippen molar-refractivity contribution >= 4 is 22.4 Å². The zero-order chi connectivity index (χ0) is 13.2. The van der Waals surface area contributed by atoms with Crippen LogP contribution in [0.3, 0.4) is 0 Å². The number of esters is 1. The fraction of sp³-hybridized carbons (Fsp3) is 0.417. The molecular formula is C12H17NO4S. The Morgan fingerprint density at radius 2 is 1.94 bits per heavy atom. The zero-order valence-corrected chi connectivity index (χ0v) is 11.0. The van der Waals surface area contributed by atoms with E-state index in [1.54, 1.807) is 28.6 Å². The minimum absolute atomic E-state index is 0.396. The van der Waals surface area contributed by atoms with Crippen LogP contribution in [0.25, 0.3) is 0 Å². The summed E-state index contributed by atoms with van der Waals surface area (Å²) >= 11 is 0. The Morgan fingerprint density at radius 1 is 1.28 bits per heavy atom. The van der Waals surface area contributed by atoms with Crippen LogP contribution in [0.15, 0.2) is 24.3 Å². The summed E-state index contributed by atoms with van der Waals surface area (Å²) in [5.74, 6) is 0.0120. The van der Waals surface area contributed by atoms with Gasteiger partial charge in [0.15, 0.2) is 0 Å². The predicted octanol–water partition coefficient (Wildman–Crippen LogP) is 2.74. The topological polar surface area (TPSA) is 70.0 Å². The summed E-state index contributed by atoms with van der Waals surface area (Å²) in [6, 6.07) is 6.69. The van der Waals surface area contributed by atoms with Crippen LogP contribution in [0.4, 0.5) is 5.69 Å². The van der Waals surface area contributed by atoms with Crippen molar-refractivity contribution in [1.82, 2.24) is 0 Å². The molecule has 1 fully saturated rings. The molecule has 1 aromatic rings. The number of hydrogen-bond acceptors (Lipinski definition) is 5. The fourth-order valence-electron chi connectivity index (χ4n) is 1.99. The lowest BCUT2D eigenvalue weighted by atomic mass is 10.2. The maximum absolute atomic E-state index is 11.3. The second kappa shape index (κ2) is 5.17. The summed E-state index contributed by atoms with van der Waals surface area (Å²) in [5, 5.41) is 0. The van der Waals surface area contributed by atoms with E-state index in [1.807, 2.05) is 0 Å². The third-order valence-electron chi connectivity index (χ3n) is 2.96. The second-order valence-electron chi connectivity index (χ2n) is 4.18. The maximum atomic E-state index is 11.3. The van der Waals surface area contributed by atoms with E-state index in [2.05, 4.69) is 4.74 Å². The highest BCUT2D eigenvalue weighted by atomic mass is 32.3. The number of nitrogens with zero attached hydrogens (tertiary/aromatic N) is 1. The average Bonchev–Trinajstić information content (AvgIpc) is 2.37. The lowest BCUT2D eigenvalue weighted by molar-refractivity contribution is 0.0601. The van der Waals surface area contributed by atoms with Crippen LogP contribution in [0.5, 0.6) is 0 Å². The van der Waals surface area contributed by atoms with Gasteiger partial charge in [0.2, 0.25) is 0 Å². The Kier molecular flexibility index (Phi) is 3.79. The first-order valence-electron chi connectivity index (χ1n) is 5.76. The minimum atomic E-state index is -2.70. The lowest BCUT2D eigenvalue weighted by Gasteiger charge is -2.47. The number of anilines is 1. The number of carbonyl (C=O) groups is 1. The van der Waals surface area contributed by atoms with E-state index in [4.69, 9.17) is 0 Å². The molecule has 18 heavy (non-hydrogen) atoms. The molecule has 2 rings (SSSR count). The third kappa shape index (κ3) is 2.60. The van der Waals surface area contributed by atoms with E-state index in [0.717, 1.165) is 18.5 Å². The van der Waals surface area contributed by atoms with Gasteiger partial charge in [0.1, 0.15) is 0 Å². The van der Waals surface area contributed by atoms with Crippen molar-refractivity contribution in [3.05, 3.63) is 29.8 Å². The molecule has 100 valence electrons. The van der Waals surface area contributed by atoms with E-state index in [-0.39, 0.29) is 0 Å². The van der Waals surface area contributed by atoms with E-state index in [1.165, 1.54) is 7.11 Å². The molecule has 1 aromatic carbocycles. The molecule has 0 unspecified atom stereocenters. The summed E-state index contributed by atoms with van der Waals surface area (Å²) in [5.41, 5.74) is 1.18. The van der Waals surface area contributed by atoms with Gasteiger partial charge in [0.05, 0.1) is 24.1 Å². The van der Waals surface area contributed by atoms with E-state index in [0.29, 0.717) is 17.9 Å². The van der Waals surface area contributed by atoms with Gasteiger partial charge in [-0.2, -0.15) is 0 Å². The Balaban J connectivity index is 2.21. The molecule has 1 aliphatic heterocycles. The van der Waals surface area contributed by atoms with E-state index >= 15 is 0 Å². The Labute approximate surface area is 108 Å². The normalized spacial score (nSPS) is 20.3. The molecule has 1 heterocycles. The molecule has 0 aromatic heterocycles. The van der Waals surface area contributed by atoms with Crippen molar-refractivity contribution < 1.29 is 18.6 Å². The van der Waals surface area contributed by atoms with Gasteiger partial charge >= 0.3 is 5.97 Å². The van der Waals surface area contributed by atoms with Crippen molar-refractivity contribution in [3.8, 4) is 0 Å². The number of carbonyl (C=O) groups excluding carboxylic acids is 1. The molecular weight excluding hydrogens is 254 g/mol. The third-order valence-corrected chi connectivity index (χ3v) is 4.89. The van der Waals surface area contributed by atoms with E-state index in [9.17, 15) is 13.9 Å². The number of rotatable bonds is 2. The molecule has 1 saturated heterocycles. The van der Waals surface area contributed by atoms with Crippen LogP contribution in [0, 0.1) is 0 Å². The van der Waals surface area contributed by atoms with Crippen LogP contribution in [-0.4, -0.2) is 34.5 Å². The monoisotopic (exact) mass is 271 g/mol. The quantitative estimate of drug-likeness (QED) is 0.809. The van der Waals surface area contributed by atoms with Crippen molar-refractivity contribution in [3.63, 3.8) is 0 Å². The summed E-state index contributed by atoms with van der Waals surface area (Å²) in [6.07, 6.45) is 1.77. The summed E-state index contributed by atoms with van der Waals surface area (Å²) in [6.45, 7) is 0.625. The molecule has 0 amide bonds. The first-order valence-corrected chi connectivity index (χ1v) is 7.44. The standard InChI is InChI=1S/C12H17NO4S/c1-17-12(14)10-4-6-11(7-5-10)13-8-2-3-9-18(13,15)16/h4-7,15-16H,2-3,8-9H2,1H3. The summed E-state index contributed by atoms with van der Waals surface area (Å²) in [4.78, 5) is 11.3. The van der Waals surface area contributed by atoms with Crippen LogP contribution in [0.1, 0.15) is 23.2 Å². The SMILES string of the molecule is COC(=O)c1ccc(N2CCCCS2(O)O)cc1. The molecule has 0 aliphatic carbocycles. The van der Waals surface area contributed by atoms with Crippen LogP contribution >= 0.6 is 10.8 Å². The predicted molar refractivity (Wildman–Crippen MR) is 72.1 cm³/mol. The largest absolute Gasteiger partial charge is 0.465 e. The first kappa shape index (κ1) is 13.2. The number of ether oxygens (including phenoxy) is 1. The Morgan fingerprint density at radius 3 is 2.50 bits per heavy atom. The van der Waals surface area contributed by atoms with E-state index < -0.39 is 16.7 Å². The molecule has 0 atom stereocenters.